The van der Waals surface area contributed by atoms with Crippen molar-refractivity contribution >= 4 is 17.2 Å². The fraction of sp³-hybridized carbons (Fsp3) is 0.533. The number of carbonyl (C=O) groups excluding carboxylic acids is 1. The van der Waals surface area contributed by atoms with E-state index < -0.39 is 0 Å². The summed E-state index contributed by atoms with van der Waals surface area (Å²) in [7, 11) is 0. The Kier molecular flexibility index (Phi) is 4.62. The summed E-state index contributed by atoms with van der Waals surface area (Å²) in [6.45, 7) is 5.02. The molecule has 1 aliphatic rings. The fourth-order valence-electron chi connectivity index (χ4n) is 1.91. The van der Waals surface area contributed by atoms with Gasteiger partial charge in [-0.2, -0.15) is 0 Å². The van der Waals surface area contributed by atoms with Crippen LogP contribution in [0.2, 0.25) is 0 Å². The van der Waals surface area contributed by atoms with Crippen molar-refractivity contribution in [2.24, 2.45) is 11.8 Å². The van der Waals surface area contributed by atoms with Crippen molar-refractivity contribution in [1.82, 2.24) is 5.32 Å². The highest BCUT2D eigenvalue weighted by Gasteiger charge is 2.32. The maximum absolute atomic E-state index is 12.0. The lowest BCUT2D eigenvalue weighted by Gasteiger charge is -2.01. The van der Waals surface area contributed by atoms with Crippen LogP contribution in [0.15, 0.2) is 6.07 Å². The fourth-order valence-corrected chi connectivity index (χ4v) is 2.87. The van der Waals surface area contributed by atoms with E-state index in [4.69, 9.17) is 5.11 Å². The molecule has 0 aromatic carbocycles. The molecule has 102 valence electrons. The summed E-state index contributed by atoms with van der Waals surface area (Å²) in [4.78, 5) is 13.6. The molecule has 1 heterocycles. The first-order chi connectivity index (χ1) is 9.11. The molecular formula is C15H19NO2S. The van der Waals surface area contributed by atoms with Crippen LogP contribution in [0.25, 0.3) is 0 Å². The largest absolute Gasteiger partial charge is 0.395 e. The van der Waals surface area contributed by atoms with Crippen LogP contribution in [0.5, 0.6) is 0 Å². The summed E-state index contributed by atoms with van der Waals surface area (Å²) in [5.41, 5.74) is 1.03. The molecule has 4 heteroatoms. The van der Waals surface area contributed by atoms with Crippen LogP contribution < -0.4 is 5.32 Å². The van der Waals surface area contributed by atoms with E-state index >= 15 is 0 Å². The number of thiophene rings is 1. The van der Waals surface area contributed by atoms with Crippen molar-refractivity contribution in [2.45, 2.75) is 26.7 Å². The molecule has 1 amide bonds. The van der Waals surface area contributed by atoms with E-state index in [9.17, 15) is 4.79 Å². The van der Waals surface area contributed by atoms with Gasteiger partial charge in [0.1, 0.15) is 0 Å². The van der Waals surface area contributed by atoms with E-state index in [2.05, 4.69) is 24.1 Å². The molecule has 1 fully saturated rings. The summed E-state index contributed by atoms with van der Waals surface area (Å²) in [5.74, 6) is 7.31. The number of carbonyl (C=O) groups is 1. The topological polar surface area (TPSA) is 49.3 Å². The Bertz CT molecular complexity index is 524. The van der Waals surface area contributed by atoms with Crippen molar-refractivity contribution in [1.29, 1.82) is 0 Å². The molecule has 0 bridgehead atoms. The van der Waals surface area contributed by atoms with Gasteiger partial charge >= 0.3 is 0 Å². The quantitative estimate of drug-likeness (QED) is 0.829. The minimum Gasteiger partial charge on any atom is -0.395 e. The third-order valence-electron chi connectivity index (χ3n) is 3.38. The Morgan fingerprint density at radius 1 is 1.63 bits per heavy atom. The standard InChI is InChI=1S/C15H19NO2S/c1-10-7-12(10)9-16-15(18)14-8-11(2)13(19-14)5-3-4-6-17/h8,10,12,17H,4,6-7,9H2,1-2H3,(H,16,18). The highest BCUT2D eigenvalue weighted by Crippen LogP contribution is 2.36. The number of aliphatic hydroxyl groups is 1. The number of aliphatic hydroxyl groups excluding tert-OH is 1. The third kappa shape index (κ3) is 3.82. The van der Waals surface area contributed by atoms with Gasteiger partial charge in [0.05, 0.1) is 16.4 Å². The zero-order valence-electron chi connectivity index (χ0n) is 11.3. The van der Waals surface area contributed by atoms with Crippen LogP contribution in [0.4, 0.5) is 0 Å². The van der Waals surface area contributed by atoms with Crippen LogP contribution in [0.3, 0.4) is 0 Å². The average molecular weight is 277 g/mol. The first kappa shape index (κ1) is 14.1. The second-order valence-corrected chi connectivity index (χ2v) is 6.13. The second-order valence-electron chi connectivity index (χ2n) is 5.08. The van der Waals surface area contributed by atoms with Gasteiger partial charge in [-0.05, 0) is 36.8 Å². The molecule has 0 saturated heterocycles. The van der Waals surface area contributed by atoms with Crippen molar-refractivity contribution in [3.05, 3.63) is 21.4 Å². The summed E-state index contributed by atoms with van der Waals surface area (Å²) < 4.78 is 0. The minimum atomic E-state index is 0.00223. The van der Waals surface area contributed by atoms with E-state index in [1.54, 1.807) is 0 Å². The lowest BCUT2D eigenvalue weighted by Crippen LogP contribution is -2.25. The molecule has 3 nitrogen and oxygen atoms in total. The molecule has 0 spiro atoms. The van der Waals surface area contributed by atoms with E-state index in [1.165, 1.54) is 17.8 Å². The van der Waals surface area contributed by atoms with Crippen molar-refractivity contribution in [3.63, 3.8) is 0 Å². The minimum absolute atomic E-state index is 0.00223. The third-order valence-corrected chi connectivity index (χ3v) is 4.53. The summed E-state index contributed by atoms with van der Waals surface area (Å²) >= 11 is 1.42. The van der Waals surface area contributed by atoms with Gasteiger partial charge in [0, 0.05) is 13.0 Å². The number of hydrogen-bond donors (Lipinski definition) is 2. The molecule has 2 unspecified atom stereocenters. The number of nitrogens with one attached hydrogen (secondary N) is 1. The summed E-state index contributed by atoms with van der Waals surface area (Å²) in [6, 6.07) is 1.89. The smallest absolute Gasteiger partial charge is 0.261 e. The van der Waals surface area contributed by atoms with Crippen LogP contribution in [0, 0.1) is 30.6 Å². The van der Waals surface area contributed by atoms with E-state index in [0.717, 1.165) is 27.8 Å². The van der Waals surface area contributed by atoms with Crippen molar-refractivity contribution in [2.75, 3.05) is 13.2 Å². The van der Waals surface area contributed by atoms with E-state index in [1.807, 2.05) is 13.0 Å². The molecule has 0 radical (unpaired) electrons. The van der Waals surface area contributed by atoms with Gasteiger partial charge in [-0.15, -0.1) is 11.3 Å². The van der Waals surface area contributed by atoms with Crippen molar-refractivity contribution in [3.8, 4) is 11.8 Å². The molecule has 19 heavy (non-hydrogen) atoms. The zero-order chi connectivity index (χ0) is 13.8. The molecule has 2 N–H and O–H groups in total. The van der Waals surface area contributed by atoms with Gasteiger partial charge in [-0.1, -0.05) is 18.8 Å². The Morgan fingerprint density at radius 2 is 2.37 bits per heavy atom. The molecule has 1 saturated carbocycles. The summed E-state index contributed by atoms with van der Waals surface area (Å²) in [6.07, 6.45) is 1.69. The van der Waals surface area contributed by atoms with Gasteiger partial charge in [-0.3, -0.25) is 4.79 Å². The van der Waals surface area contributed by atoms with Crippen molar-refractivity contribution < 1.29 is 9.90 Å². The number of hydrogen-bond acceptors (Lipinski definition) is 3. The molecular weight excluding hydrogens is 258 g/mol. The molecule has 1 aromatic rings. The maximum atomic E-state index is 12.0. The van der Waals surface area contributed by atoms with Crippen LogP contribution >= 0.6 is 11.3 Å². The first-order valence-electron chi connectivity index (χ1n) is 6.60. The molecule has 0 aliphatic heterocycles. The molecule has 2 atom stereocenters. The number of amides is 1. The lowest BCUT2D eigenvalue weighted by atomic mass is 10.2. The Morgan fingerprint density at radius 3 is 3.00 bits per heavy atom. The average Bonchev–Trinajstić information content (AvgIpc) is 2.96. The van der Waals surface area contributed by atoms with Crippen LogP contribution in [-0.2, 0) is 0 Å². The molecule has 1 aromatic heterocycles. The van der Waals surface area contributed by atoms with E-state index in [-0.39, 0.29) is 12.5 Å². The highest BCUT2D eigenvalue weighted by atomic mass is 32.1. The normalized spacial score (nSPS) is 20.6. The Balaban J connectivity index is 1.94. The maximum Gasteiger partial charge on any atom is 0.261 e. The predicted molar refractivity (Wildman–Crippen MR) is 77.2 cm³/mol. The van der Waals surface area contributed by atoms with Gasteiger partial charge in [-0.25, -0.2) is 0 Å². The highest BCUT2D eigenvalue weighted by molar-refractivity contribution is 7.14. The Labute approximate surface area is 118 Å². The van der Waals surface area contributed by atoms with Gasteiger partial charge in [0.2, 0.25) is 0 Å². The SMILES string of the molecule is Cc1cc(C(=O)NCC2CC2C)sc1C#CCCO. The first-order valence-corrected chi connectivity index (χ1v) is 7.41. The zero-order valence-corrected chi connectivity index (χ0v) is 12.1. The number of aryl methyl sites for hydroxylation is 1. The lowest BCUT2D eigenvalue weighted by molar-refractivity contribution is 0.0955. The Hall–Kier alpha value is -1.31. The van der Waals surface area contributed by atoms with Gasteiger partial charge in [0.25, 0.3) is 5.91 Å². The molecule has 2 rings (SSSR count). The summed E-state index contributed by atoms with van der Waals surface area (Å²) in [5, 5.41) is 11.7. The number of rotatable bonds is 4. The second kappa shape index (κ2) is 6.23. The van der Waals surface area contributed by atoms with Crippen LogP contribution in [0.1, 0.15) is 39.9 Å². The van der Waals surface area contributed by atoms with Crippen LogP contribution in [-0.4, -0.2) is 24.2 Å². The molecule has 1 aliphatic carbocycles. The predicted octanol–water partition coefficient (Wildman–Crippen LogP) is 2.18. The van der Waals surface area contributed by atoms with E-state index in [0.29, 0.717) is 12.3 Å². The van der Waals surface area contributed by atoms with Gasteiger partial charge in [0.15, 0.2) is 0 Å². The monoisotopic (exact) mass is 277 g/mol. The van der Waals surface area contributed by atoms with Gasteiger partial charge < -0.3 is 10.4 Å².